The van der Waals surface area contributed by atoms with Gasteiger partial charge < -0.3 is 5.32 Å². The van der Waals surface area contributed by atoms with Crippen LogP contribution in [0.1, 0.15) is 57.2 Å². The summed E-state index contributed by atoms with van der Waals surface area (Å²) in [6.07, 6.45) is 9.84. The highest BCUT2D eigenvalue weighted by atomic mass is 35.5. The summed E-state index contributed by atoms with van der Waals surface area (Å²) < 4.78 is 2.04. The molecule has 1 fully saturated rings. The number of rotatable bonds is 4. The van der Waals surface area contributed by atoms with Crippen molar-refractivity contribution in [1.82, 2.24) is 15.1 Å². The van der Waals surface area contributed by atoms with Gasteiger partial charge in [-0.1, -0.05) is 37.3 Å². The van der Waals surface area contributed by atoms with E-state index in [4.69, 9.17) is 11.6 Å². The van der Waals surface area contributed by atoms with Crippen LogP contribution in [0.5, 0.6) is 0 Å². The van der Waals surface area contributed by atoms with E-state index in [9.17, 15) is 0 Å². The number of halogens is 1. The van der Waals surface area contributed by atoms with Crippen molar-refractivity contribution in [3.05, 3.63) is 16.9 Å². The third-order valence-electron chi connectivity index (χ3n) is 4.11. The molecular weight excluding hydrogens is 246 g/mol. The molecule has 2 rings (SSSR count). The number of nitrogens with one attached hydrogen (secondary N) is 1. The van der Waals surface area contributed by atoms with E-state index in [-0.39, 0.29) is 0 Å². The molecule has 1 aliphatic carbocycles. The number of aromatic nitrogens is 2. The van der Waals surface area contributed by atoms with Crippen LogP contribution in [0.4, 0.5) is 0 Å². The number of aryl methyl sites for hydroxylation is 1. The van der Waals surface area contributed by atoms with E-state index in [1.54, 1.807) is 6.20 Å². The number of hydrogen-bond donors (Lipinski definition) is 1. The summed E-state index contributed by atoms with van der Waals surface area (Å²) in [7, 11) is 2.04. The van der Waals surface area contributed by atoms with Crippen molar-refractivity contribution in [1.29, 1.82) is 0 Å². The summed E-state index contributed by atoms with van der Waals surface area (Å²) in [5, 5.41) is 8.64. The van der Waals surface area contributed by atoms with Gasteiger partial charge >= 0.3 is 0 Å². The predicted octanol–water partition coefficient (Wildman–Crippen LogP) is 3.79. The van der Waals surface area contributed by atoms with Crippen LogP contribution < -0.4 is 5.32 Å². The highest BCUT2D eigenvalue weighted by Crippen LogP contribution is 2.36. The second-order valence-corrected chi connectivity index (χ2v) is 5.62. The Balaban J connectivity index is 2.23. The molecule has 102 valence electrons. The molecule has 0 amide bonds. The first kappa shape index (κ1) is 13.9. The van der Waals surface area contributed by atoms with Gasteiger partial charge in [0.25, 0.3) is 0 Å². The molecule has 1 aromatic rings. The van der Waals surface area contributed by atoms with Gasteiger partial charge in [0.05, 0.1) is 23.0 Å². The van der Waals surface area contributed by atoms with Gasteiger partial charge in [0.1, 0.15) is 0 Å². The Hall–Kier alpha value is -0.540. The molecule has 1 heterocycles. The van der Waals surface area contributed by atoms with Crippen LogP contribution in [0.25, 0.3) is 0 Å². The van der Waals surface area contributed by atoms with Crippen molar-refractivity contribution < 1.29 is 0 Å². The van der Waals surface area contributed by atoms with E-state index in [2.05, 4.69) is 17.3 Å². The topological polar surface area (TPSA) is 29.9 Å². The zero-order valence-corrected chi connectivity index (χ0v) is 12.2. The van der Waals surface area contributed by atoms with Crippen molar-refractivity contribution in [2.75, 3.05) is 7.05 Å². The second-order valence-electron chi connectivity index (χ2n) is 5.21. The normalized spacial score (nSPS) is 19.7. The van der Waals surface area contributed by atoms with Crippen LogP contribution in [0.15, 0.2) is 6.20 Å². The van der Waals surface area contributed by atoms with E-state index in [0.29, 0.717) is 12.0 Å². The Morgan fingerprint density at radius 3 is 2.61 bits per heavy atom. The summed E-state index contributed by atoms with van der Waals surface area (Å²) in [5.41, 5.74) is 1.17. The summed E-state index contributed by atoms with van der Waals surface area (Å²) in [5.74, 6) is 0.692. The van der Waals surface area contributed by atoms with Gasteiger partial charge in [0.15, 0.2) is 0 Å². The lowest BCUT2D eigenvalue weighted by Crippen LogP contribution is -2.28. The molecule has 1 aliphatic rings. The standard InChI is InChI=1S/C14H24ClN3/c1-3-18-14(12(15)10-17-18)13(16-2)11-8-6-4-5-7-9-11/h10-11,13,16H,3-9H2,1-2H3. The van der Waals surface area contributed by atoms with Crippen molar-refractivity contribution in [3.8, 4) is 0 Å². The fourth-order valence-electron chi connectivity index (χ4n) is 3.17. The largest absolute Gasteiger partial charge is 0.311 e. The first-order valence-corrected chi connectivity index (χ1v) is 7.54. The molecule has 1 atom stereocenters. The summed E-state index contributed by atoms with van der Waals surface area (Å²) >= 11 is 6.33. The Morgan fingerprint density at radius 1 is 1.39 bits per heavy atom. The molecule has 0 aromatic carbocycles. The van der Waals surface area contributed by atoms with E-state index < -0.39 is 0 Å². The first-order chi connectivity index (χ1) is 8.77. The maximum atomic E-state index is 6.33. The van der Waals surface area contributed by atoms with Gasteiger partial charge in [-0.3, -0.25) is 4.68 Å². The Kier molecular flexibility index (Phi) is 5.07. The van der Waals surface area contributed by atoms with E-state index >= 15 is 0 Å². The SMILES string of the molecule is CCn1ncc(Cl)c1C(NC)C1CCCCCC1. The molecule has 3 nitrogen and oxygen atoms in total. The lowest BCUT2D eigenvalue weighted by Gasteiger charge is -2.26. The summed E-state index contributed by atoms with van der Waals surface area (Å²) in [6.45, 7) is 3.00. The van der Waals surface area contributed by atoms with Crippen LogP contribution in [0.2, 0.25) is 5.02 Å². The Bertz CT molecular complexity index is 367. The molecular formula is C14H24ClN3. The zero-order chi connectivity index (χ0) is 13.0. The fourth-order valence-corrected chi connectivity index (χ4v) is 3.43. The molecule has 0 saturated heterocycles. The smallest absolute Gasteiger partial charge is 0.0834 e. The zero-order valence-electron chi connectivity index (χ0n) is 11.5. The molecule has 0 aliphatic heterocycles. The lowest BCUT2D eigenvalue weighted by molar-refractivity contribution is 0.324. The van der Waals surface area contributed by atoms with E-state index in [1.807, 2.05) is 11.7 Å². The van der Waals surface area contributed by atoms with Crippen molar-refractivity contribution >= 4 is 11.6 Å². The third kappa shape index (κ3) is 2.89. The predicted molar refractivity (Wildman–Crippen MR) is 75.9 cm³/mol. The van der Waals surface area contributed by atoms with Gasteiger partial charge in [-0.15, -0.1) is 0 Å². The molecule has 0 bridgehead atoms. The Labute approximate surface area is 115 Å². The highest BCUT2D eigenvalue weighted by Gasteiger charge is 2.27. The van der Waals surface area contributed by atoms with Gasteiger partial charge in [0, 0.05) is 6.54 Å². The van der Waals surface area contributed by atoms with Gasteiger partial charge in [-0.05, 0) is 32.7 Å². The van der Waals surface area contributed by atoms with Gasteiger partial charge in [0.2, 0.25) is 0 Å². The molecule has 18 heavy (non-hydrogen) atoms. The maximum absolute atomic E-state index is 6.33. The maximum Gasteiger partial charge on any atom is 0.0834 e. The molecule has 1 aromatic heterocycles. The van der Waals surface area contributed by atoms with Crippen LogP contribution in [0.3, 0.4) is 0 Å². The number of hydrogen-bond acceptors (Lipinski definition) is 2. The second kappa shape index (κ2) is 6.58. The third-order valence-corrected chi connectivity index (χ3v) is 4.40. The average molecular weight is 270 g/mol. The van der Waals surface area contributed by atoms with Crippen LogP contribution in [-0.2, 0) is 6.54 Å². The van der Waals surface area contributed by atoms with Crippen LogP contribution >= 0.6 is 11.6 Å². The van der Waals surface area contributed by atoms with Gasteiger partial charge in [-0.25, -0.2) is 0 Å². The van der Waals surface area contributed by atoms with Crippen molar-refractivity contribution in [2.45, 2.75) is 58.0 Å². The highest BCUT2D eigenvalue weighted by molar-refractivity contribution is 6.31. The molecule has 4 heteroatoms. The lowest BCUT2D eigenvalue weighted by atomic mass is 9.89. The van der Waals surface area contributed by atoms with E-state index in [0.717, 1.165) is 11.6 Å². The van der Waals surface area contributed by atoms with Crippen molar-refractivity contribution in [2.24, 2.45) is 5.92 Å². The number of nitrogens with zero attached hydrogens (tertiary/aromatic N) is 2. The van der Waals surface area contributed by atoms with E-state index in [1.165, 1.54) is 44.2 Å². The molecule has 1 N–H and O–H groups in total. The fraction of sp³-hybridized carbons (Fsp3) is 0.786. The minimum Gasteiger partial charge on any atom is -0.311 e. The minimum absolute atomic E-state index is 0.345. The first-order valence-electron chi connectivity index (χ1n) is 7.16. The summed E-state index contributed by atoms with van der Waals surface area (Å²) in [6, 6.07) is 0.345. The molecule has 1 saturated carbocycles. The summed E-state index contributed by atoms with van der Waals surface area (Å²) in [4.78, 5) is 0. The van der Waals surface area contributed by atoms with Gasteiger partial charge in [-0.2, -0.15) is 5.10 Å². The molecule has 0 radical (unpaired) electrons. The van der Waals surface area contributed by atoms with Crippen LogP contribution in [-0.4, -0.2) is 16.8 Å². The molecule has 0 spiro atoms. The Morgan fingerprint density at radius 2 is 2.06 bits per heavy atom. The minimum atomic E-state index is 0.345. The van der Waals surface area contributed by atoms with Crippen LogP contribution in [0, 0.1) is 5.92 Å². The molecule has 1 unspecified atom stereocenters. The monoisotopic (exact) mass is 269 g/mol. The van der Waals surface area contributed by atoms with Crippen molar-refractivity contribution in [3.63, 3.8) is 0 Å². The quantitative estimate of drug-likeness (QED) is 0.843. The average Bonchev–Trinajstić information content (AvgIpc) is 2.60.